The fraction of sp³-hybridized carbons (Fsp3) is 0.800. The predicted molar refractivity (Wildman–Crippen MR) is 89.9 cm³/mol. The number of aryl methyl sites for hydroxylation is 2. The second-order valence-electron chi connectivity index (χ2n) is 6.20. The summed E-state index contributed by atoms with van der Waals surface area (Å²) in [7, 11) is 0. The van der Waals surface area contributed by atoms with Gasteiger partial charge in [-0.2, -0.15) is 5.10 Å². The third-order valence-corrected chi connectivity index (χ3v) is 5.05. The minimum atomic E-state index is -0.158. The Kier molecular flexibility index (Phi) is 5.74. The van der Waals surface area contributed by atoms with Gasteiger partial charge >= 0.3 is 0 Å². The lowest BCUT2D eigenvalue weighted by Gasteiger charge is -2.42. The summed E-state index contributed by atoms with van der Waals surface area (Å²) in [6, 6.07) is 0. The summed E-state index contributed by atoms with van der Waals surface area (Å²) in [5, 5.41) is 4.67. The molecule has 2 heterocycles. The summed E-state index contributed by atoms with van der Waals surface area (Å²) in [6.45, 7) is 12.1. The largest absolute Gasteiger partial charge is 0.368 e. The summed E-state index contributed by atoms with van der Waals surface area (Å²) in [6.07, 6.45) is 1.04. The van der Waals surface area contributed by atoms with Crippen molar-refractivity contribution in [3.63, 3.8) is 0 Å². The Labute approximate surface area is 140 Å². The van der Waals surface area contributed by atoms with Gasteiger partial charge in [0.05, 0.1) is 27.6 Å². The molecule has 1 aromatic heterocycles. The number of rotatable bonds is 5. The molecule has 0 spiro atoms. The highest BCUT2D eigenvalue weighted by Crippen LogP contribution is 2.27. The Morgan fingerprint density at radius 3 is 2.71 bits per heavy atom. The van der Waals surface area contributed by atoms with E-state index >= 15 is 0 Å². The van der Waals surface area contributed by atoms with Crippen LogP contribution in [0.3, 0.4) is 0 Å². The molecule has 1 unspecified atom stereocenters. The number of hydrogen-bond acceptors (Lipinski definition) is 3. The maximum Gasteiger partial charge on any atom is 0.0845 e. The van der Waals surface area contributed by atoms with E-state index in [1.54, 1.807) is 0 Å². The summed E-state index contributed by atoms with van der Waals surface area (Å²) < 4.78 is 9.25. The third-order valence-electron chi connectivity index (χ3n) is 3.79. The van der Waals surface area contributed by atoms with Crippen LogP contribution in [0.4, 0.5) is 0 Å². The molecule has 0 aromatic carbocycles. The zero-order valence-electron chi connectivity index (χ0n) is 13.3. The van der Waals surface area contributed by atoms with E-state index in [0.29, 0.717) is 5.88 Å². The number of alkyl halides is 1. The molecule has 1 saturated heterocycles. The first-order chi connectivity index (χ1) is 9.90. The van der Waals surface area contributed by atoms with Gasteiger partial charge in [-0.25, -0.2) is 0 Å². The molecule has 2 rings (SSSR count). The normalized spacial score (nSPS) is 22.7. The predicted octanol–water partition coefficient (Wildman–Crippen LogP) is 3.45. The lowest BCUT2D eigenvalue weighted by Crippen LogP contribution is -2.53. The summed E-state index contributed by atoms with van der Waals surface area (Å²) in [5.41, 5.74) is 2.23. The second kappa shape index (κ2) is 6.99. The first-order valence-corrected chi connectivity index (χ1v) is 8.93. The number of ether oxygens (including phenoxy) is 1. The Morgan fingerprint density at radius 2 is 2.14 bits per heavy atom. The van der Waals surface area contributed by atoms with Crippen LogP contribution in [-0.2, 0) is 24.2 Å². The van der Waals surface area contributed by atoms with Crippen molar-refractivity contribution in [1.82, 2.24) is 14.7 Å². The second-order valence-corrected chi connectivity index (χ2v) is 7.30. The minimum Gasteiger partial charge on any atom is -0.368 e. The van der Waals surface area contributed by atoms with Crippen LogP contribution in [0.5, 0.6) is 0 Å². The van der Waals surface area contributed by atoms with E-state index in [-0.39, 0.29) is 11.7 Å². The molecule has 6 heteroatoms. The topological polar surface area (TPSA) is 30.3 Å². The molecule has 0 bridgehead atoms. The van der Waals surface area contributed by atoms with Crippen molar-refractivity contribution in [2.75, 3.05) is 19.0 Å². The maximum absolute atomic E-state index is 6.01. The van der Waals surface area contributed by atoms with E-state index in [9.17, 15) is 0 Å². The van der Waals surface area contributed by atoms with Crippen LogP contribution in [0.1, 0.15) is 39.1 Å². The van der Waals surface area contributed by atoms with Crippen LogP contribution in [0.2, 0.25) is 0 Å². The van der Waals surface area contributed by atoms with E-state index in [1.165, 1.54) is 5.69 Å². The zero-order chi connectivity index (χ0) is 15.6. The van der Waals surface area contributed by atoms with Crippen LogP contribution >= 0.6 is 27.5 Å². The molecule has 1 aromatic rings. The Balaban J connectivity index is 2.19. The van der Waals surface area contributed by atoms with Gasteiger partial charge in [-0.3, -0.25) is 9.58 Å². The highest BCUT2D eigenvalue weighted by Gasteiger charge is 2.33. The molecule has 1 atom stereocenters. The molecule has 0 amide bonds. The molecule has 21 heavy (non-hydrogen) atoms. The van der Waals surface area contributed by atoms with E-state index in [2.05, 4.69) is 58.3 Å². The van der Waals surface area contributed by atoms with Crippen LogP contribution in [0, 0.1) is 0 Å². The lowest BCUT2D eigenvalue weighted by atomic mass is 10.1. The fourth-order valence-electron chi connectivity index (χ4n) is 3.00. The van der Waals surface area contributed by atoms with E-state index in [1.807, 2.05) is 0 Å². The van der Waals surface area contributed by atoms with Gasteiger partial charge in [0.25, 0.3) is 0 Å². The van der Waals surface area contributed by atoms with Crippen molar-refractivity contribution < 1.29 is 4.74 Å². The van der Waals surface area contributed by atoms with Crippen LogP contribution < -0.4 is 0 Å². The molecule has 0 aliphatic carbocycles. The van der Waals surface area contributed by atoms with Crippen molar-refractivity contribution in [2.24, 2.45) is 0 Å². The molecule has 4 nitrogen and oxygen atoms in total. The minimum absolute atomic E-state index is 0.0952. The van der Waals surface area contributed by atoms with Gasteiger partial charge in [-0.15, -0.1) is 11.6 Å². The standard InChI is InChI=1S/C15H25BrClN3O/c1-5-12-14(16)13(20(6-2)18-12)9-19-8-11(7-17)21-15(3,4)10-19/h11H,5-10H2,1-4H3. The number of hydrogen-bond donors (Lipinski definition) is 0. The molecule has 0 saturated carbocycles. The van der Waals surface area contributed by atoms with Gasteiger partial charge in [0.1, 0.15) is 0 Å². The van der Waals surface area contributed by atoms with E-state index in [4.69, 9.17) is 16.3 Å². The van der Waals surface area contributed by atoms with Gasteiger partial charge in [0.15, 0.2) is 0 Å². The summed E-state index contributed by atoms with van der Waals surface area (Å²) in [4.78, 5) is 2.42. The first-order valence-electron chi connectivity index (χ1n) is 7.60. The molecule has 0 N–H and O–H groups in total. The van der Waals surface area contributed by atoms with E-state index < -0.39 is 0 Å². The highest BCUT2D eigenvalue weighted by atomic mass is 79.9. The van der Waals surface area contributed by atoms with Gasteiger partial charge in [-0.1, -0.05) is 6.92 Å². The van der Waals surface area contributed by atoms with Crippen molar-refractivity contribution in [1.29, 1.82) is 0 Å². The maximum atomic E-state index is 6.01. The third kappa shape index (κ3) is 4.01. The van der Waals surface area contributed by atoms with Crippen molar-refractivity contribution in [2.45, 2.75) is 58.9 Å². The quantitative estimate of drug-likeness (QED) is 0.735. The summed E-state index contributed by atoms with van der Waals surface area (Å²) >= 11 is 9.74. The van der Waals surface area contributed by atoms with Gasteiger partial charge in [0.2, 0.25) is 0 Å². The molecular weight excluding hydrogens is 354 g/mol. The smallest absolute Gasteiger partial charge is 0.0845 e. The molecule has 120 valence electrons. The molecule has 1 aliphatic heterocycles. The van der Waals surface area contributed by atoms with Crippen LogP contribution in [0.15, 0.2) is 4.47 Å². The van der Waals surface area contributed by atoms with E-state index in [0.717, 1.165) is 42.8 Å². The molecule has 1 fully saturated rings. The Morgan fingerprint density at radius 1 is 1.43 bits per heavy atom. The van der Waals surface area contributed by atoms with Crippen molar-refractivity contribution in [3.8, 4) is 0 Å². The van der Waals surface area contributed by atoms with Crippen molar-refractivity contribution in [3.05, 3.63) is 15.9 Å². The summed E-state index contributed by atoms with van der Waals surface area (Å²) in [5.74, 6) is 0.536. The average molecular weight is 379 g/mol. The Hall–Kier alpha value is -0.100. The van der Waals surface area contributed by atoms with Crippen LogP contribution in [0.25, 0.3) is 0 Å². The van der Waals surface area contributed by atoms with Gasteiger partial charge in [0, 0.05) is 32.1 Å². The SMILES string of the molecule is CCc1nn(CC)c(CN2CC(CCl)OC(C)(C)C2)c1Br. The lowest BCUT2D eigenvalue weighted by molar-refractivity contribution is -0.129. The zero-order valence-corrected chi connectivity index (χ0v) is 15.7. The number of nitrogens with zero attached hydrogens (tertiary/aromatic N) is 3. The molecular formula is C15H25BrClN3O. The van der Waals surface area contributed by atoms with Gasteiger partial charge < -0.3 is 4.74 Å². The Bertz CT molecular complexity index is 490. The average Bonchev–Trinajstić information content (AvgIpc) is 2.73. The molecule has 1 aliphatic rings. The molecule has 0 radical (unpaired) electrons. The number of morpholine rings is 1. The van der Waals surface area contributed by atoms with Crippen LogP contribution in [-0.4, -0.2) is 45.4 Å². The highest BCUT2D eigenvalue weighted by molar-refractivity contribution is 9.10. The van der Waals surface area contributed by atoms with Crippen molar-refractivity contribution >= 4 is 27.5 Å². The number of aromatic nitrogens is 2. The van der Waals surface area contributed by atoms with Gasteiger partial charge in [-0.05, 0) is 43.1 Å². The fourth-order valence-corrected chi connectivity index (χ4v) is 3.85. The monoisotopic (exact) mass is 377 g/mol. The number of halogens is 2. The first kappa shape index (κ1) is 17.3.